The van der Waals surface area contributed by atoms with Crippen molar-refractivity contribution in [3.8, 4) is 0 Å². The number of nitrogens with one attached hydrogen (secondary N) is 1. The second-order valence-corrected chi connectivity index (χ2v) is 7.11. The molecular formula is C19H27FN2O2. The van der Waals surface area contributed by atoms with Crippen LogP contribution < -0.4 is 5.32 Å². The van der Waals surface area contributed by atoms with Crippen molar-refractivity contribution >= 4 is 11.8 Å². The third-order valence-corrected chi connectivity index (χ3v) is 4.75. The summed E-state index contributed by atoms with van der Waals surface area (Å²) in [7, 11) is 0. The lowest BCUT2D eigenvalue weighted by atomic mass is 9.84. The van der Waals surface area contributed by atoms with E-state index in [4.69, 9.17) is 0 Å². The Morgan fingerprint density at radius 2 is 2.04 bits per heavy atom. The molecule has 0 aliphatic carbocycles. The van der Waals surface area contributed by atoms with E-state index in [1.807, 2.05) is 20.8 Å². The molecular weight excluding hydrogens is 307 g/mol. The second kappa shape index (κ2) is 7.77. The molecule has 24 heavy (non-hydrogen) atoms. The van der Waals surface area contributed by atoms with Gasteiger partial charge in [0.1, 0.15) is 5.82 Å². The zero-order valence-corrected chi connectivity index (χ0v) is 14.8. The van der Waals surface area contributed by atoms with Crippen LogP contribution >= 0.6 is 0 Å². The molecule has 0 spiro atoms. The van der Waals surface area contributed by atoms with Crippen molar-refractivity contribution in [3.05, 3.63) is 35.6 Å². The van der Waals surface area contributed by atoms with Gasteiger partial charge in [-0.05, 0) is 24.5 Å². The standard InChI is InChI=1S/C19H27FN2O2/c1-4-17(23)22-11-7-8-14(12-22)18(24)21-13-19(2,3)15-9-5-6-10-16(15)20/h5-6,9-10,14H,4,7-8,11-13H2,1-3H3,(H,21,24)/t14-/m1/s1. The van der Waals surface area contributed by atoms with E-state index in [0.717, 1.165) is 19.4 Å². The van der Waals surface area contributed by atoms with Crippen molar-refractivity contribution in [2.75, 3.05) is 19.6 Å². The van der Waals surface area contributed by atoms with E-state index >= 15 is 0 Å². The number of halogens is 1. The molecule has 1 aliphatic rings. The summed E-state index contributed by atoms with van der Waals surface area (Å²) in [6, 6.07) is 6.66. The predicted molar refractivity (Wildman–Crippen MR) is 92.0 cm³/mol. The molecule has 2 rings (SSSR count). The molecule has 0 aromatic heterocycles. The van der Waals surface area contributed by atoms with Crippen LogP contribution in [0.5, 0.6) is 0 Å². The Morgan fingerprint density at radius 3 is 2.71 bits per heavy atom. The van der Waals surface area contributed by atoms with Gasteiger partial charge in [-0.3, -0.25) is 9.59 Å². The highest BCUT2D eigenvalue weighted by atomic mass is 19.1. The fraction of sp³-hybridized carbons (Fsp3) is 0.579. The quantitative estimate of drug-likeness (QED) is 0.900. The Labute approximate surface area is 143 Å². The molecule has 1 aromatic carbocycles. The number of benzene rings is 1. The maximum absolute atomic E-state index is 14.0. The molecule has 0 radical (unpaired) electrons. The average Bonchev–Trinajstić information content (AvgIpc) is 2.59. The number of piperidine rings is 1. The first-order valence-corrected chi connectivity index (χ1v) is 8.65. The molecule has 1 aliphatic heterocycles. The molecule has 0 unspecified atom stereocenters. The van der Waals surface area contributed by atoms with Crippen molar-refractivity contribution < 1.29 is 14.0 Å². The number of likely N-dealkylation sites (tertiary alicyclic amines) is 1. The molecule has 4 nitrogen and oxygen atoms in total. The van der Waals surface area contributed by atoms with Gasteiger partial charge >= 0.3 is 0 Å². The Bertz CT molecular complexity index is 601. The first kappa shape index (κ1) is 18.4. The van der Waals surface area contributed by atoms with Crippen LogP contribution in [0.3, 0.4) is 0 Å². The van der Waals surface area contributed by atoms with Crippen molar-refractivity contribution in [2.45, 2.75) is 45.4 Å². The molecule has 1 atom stereocenters. The van der Waals surface area contributed by atoms with Crippen LogP contribution in [-0.2, 0) is 15.0 Å². The summed E-state index contributed by atoms with van der Waals surface area (Å²) >= 11 is 0. The third kappa shape index (κ3) is 4.34. The summed E-state index contributed by atoms with van der Waals surface area (Å²) in [5.74, 6) is -0.382. The van der Waals surface area contributed by atoms with Crippen LogP contribution in [0.1, 0.15) is 45.6 Å². The number of hydrogen-bond donors (Lipinski definition) is 1. The lowest BCUT2D eigenvalue weighted by Crippen LogP contribution is -2.47. The van der Waals surface area contributed by atoms with Crippen molar-refractivity contribution in [1.29, 1.82) is 0 Å². The van der Waals surface area contributed by atoms with E-state index in [-0.39, 0.29) is 23.5 Å². The maximum atomic E-state index is 14.0. The monoisotopic (exact) mass is 334 g/mol. The zero-order chi connectivity index (χ0) is 17.7. The Morgan fingerprint density at radius 1 is 1.33 bits per heavy atom. The third-order valence-electron chi connectivity index (χ3n) is 4.75. The lowest BCUT2D eigenvalue weighted by molar-refractivity contribution is -0.135. The fourth-order valence-corrected chi connectivity index (χ4v) is 3.20. The summed E-state index contributed by atoms with van der Waals surface area (Å²) in [5, 5.41) is 2.95. The smallest absolute Gasteiger partial charge is 0.224 e. The fourth-order valence-electron chi connectivity index (χ4n) is 3.20. The Hall–Kier alpha value is -1.91. The molecule has 132 valence electrons. The molecule has 1 saturated heterocycles. The molecule has 0 bridgehead atoms. The van der Waals surface area contributed by atoms with Gasteiger partial charge in [-0.15, -0.1) is 0 Å². The second-order valence-electron chi connectivity index (χ2n) is 7.11. The summed E-state index contributed by atoms with van der Waals surface area (Å²) < 4.78 is 14.0. The van der Waals surface area contributed by atoms with Crippen LogP contribution in [0.4, 0.5) is 4.39 Å². The average molecular weight is 334 g/mol. The van der Waals surface area contributed by atoms with E-state index in [0.29, 0.717) is 25.1 Å². The summed E-state index contributed by atoms with van der Waals surface area (Å²) in [5.41, 5.74) is 0.103. The number of amides is 2. The predicted octanol–water partition coefficient (Wildman–Crippen LogP) is 2.87. The number of nitrogens with zero attached hydrogens (tertiary/aromatic N) is 1. The first-order chi connectivity index (χ1) is 11.3. The SMILES string of the molecule is CCC(=O)N1CCC[C@@H](C(=O)NCC(C)(C)c2ccccc2F)C1. The van der Waals surface area contributed by atoms with Crippen molar-refractivity contribution in [1.82, 2.24) is 10.2 Å². The highest BCUT2D eigenvalue weighted by molar-refractivity contribution is 5.81. The number of carbonyl (C=O) groups excluding carboxylic acids is 2. The van der Waals surface area contributed by atoms with Gasteiger partial charge in [-0.1, -0.05) is 39.0 Å². The first-order valence-electron chi connectivity index (χ1n) is 8.65. The van der Waals surface area contributed by atoms with Crippen molar-refractivity contribution in [3.63, 3.8) is 0 Å². The maximum Gasteiger partial charge on any atom is 0.224 e. The molecule has 5 heteroatoms. The van der Waals surface area contributed by atoms with E-state index < -0.39 is 5.41 Å². The Kier molecular flexibility index (Phi) is 5.97. The minimum Gasteiger partial charge on any atom is -0.355 e. The van der Waals surface area contributed by atoms with Gasteiger partial charge in [0.2, 0.25) is 11.8 Å². The summed E-state index contributed by atoms with van der Waals surface area (Å²) in [6.07, 6.45) is 2.11. The molecule has 1 fully saturated rings. The van der Waals surface area contributed by atoms with Gasteiger partial charge in [-0.25, -0.2) is 4.39 Å². The zero-order valence-electron chi connectivity index (χ0n) is 14.8. The summed E-state index contributed by atoms with van der Waals surface area (Å²) in [6.45, 7) is 7.25. The van der Waals surface area contributed by atoms with Gasteiger partial charge in [0.15, 0.2) is 0 Å². The van der Waals surface area contributed by atoms with Gasteiger partial charge in [-0.2, -0.15) is 0 Å². The van der Waals surface area contributed by atoms with Gasteiger partial charge < -0.3 is 10.2 Å². The normalized spacial score (nSPS) is 18.3. The van der Waals surface area contributed by atoms with Crippen LogP contribution in [0.25, 0.3) is 0 Å². The van der Waals surface area contributed by atoms with Gasteiger partial charge in [0, 0.05) is 31.5 Å². The topological polar surface area (TPSA) is 49.4 Å². The van der Waals surface area contributed by atoms with Gasteiger partial charge in [0.05, 0.1) is 5.92 Å². The van der Waals surface area contributed by atoms with E-state index in [2.05, 4.69) is 5.32 Å². The molecule has 0 saturated carbocycles. The molecule has 1 N–H and O–H groups in total. The molecule has 1 aromatic rings. The highest BCUT2D eigenvalue weighted by Crippen LogP contribution is 2.25. The van der Waals surface area contributed by atoms with E-state index in [1.165, 1.54) is 6.07 Å². The Balaban J connectivity index is 1.95. The molecule has 1 heterocycles. The van der Waals surface area contributed by atoms with Crippen LogP contribution in [0.15, 0.2) is 24.3 Å². The van der Waals surface area contributed by atoms with Crippen LogP contribution in [-0.4, -0.2) is 36.3 Å². The van der Waals surface area contributed by atoms with Crippen LogP contribution in [0.2, 0.25) is 0 Å². The number of rotatable bonds is 5. The minimum absolute atomic E-state index is 0.0481. The number of carbonyl (C=O) groups is 2. The lowest BCUT2D eigenvalue weighted by Gasteiger charge is -2.33. The largest absolute Gasteiger partial charge is 0.355 e. The highest BCUT2D eigenvalue weighted by Gasteiger charge is 2.30. The van der Waals surface area contributed by atoms with E-state index in [9.17, 15) is 14.0 Å². The number of hydrogen-bond acceptors (Lipinski definition) is 2. The van der Waals surface area contributed by atoms with E-state index in [1.54, 1.807) is 23.1 Å². The van der Waals surface area contributed by atoms with Crippen LogP contribution in [0, 0.1) is 11.7 Å². The summed E-state index contributed by atoms with van der Waals surface area (Å²) in [4.78, 5) is 26.1. The minimum atomic E-state index is -0.491. The van der Waals surface area contributed by atoms with Gasteiger partial charge in [0.25, 0.3) is 0 Å². The van der Waals surface area contributed by atoms with Crippen molar-refractivity contribution in [2.24, 2.45) is 5.92 Å². The molecule has 2 amide bonds.